The number of hydrogen-bond acceptors (Lipinski definition) is 3. The number of fused-ring (bicyclic) bond motifs is 1. The van der Waals surface area contributed by atoms with Crippen molar-refractivity contribution in [3.8, 4) is 0 Å². The normalized spacial score (nSPS) is 18.7. The molecular weight excluding hydrogens is 264 g/mol. The van der Waals surface area contributed by atoms with Gasteiger partial charge in [-0.1, -0.05) is 0 Å². The number of carbonyl (C=O) groups excluding carboxylic acids is 1. The first-order valence-electron chi connectivity index (χ1n) is 7.62. The quantitative estimate of drug-likeness (QED) is 0.675. The lowest BCUT2D eigenvalue weighted by Gasteiger charge is -2.27. The minimum absolute atomic E-state index is 0.376. The van der Waals surface area contributed by atoms with Crippen LogP contribution >= 0.6 is 0 Å². The summed E-state index contributed by atoms with van der Waals surface area (Å²) in [6.45, 7) is 3.12. The van der Waals surface area contributed by atoms with Crippen LogP contribution in [0.5, 0.6) is 0 Å². The van der Waals surface area contributed by atoms with Gasteiger partial charge >= 0.3 is 0 Å². The third-order valence-corrected chi connectivity index (χ3v) is 4.54. The Bertz CT molecular complexity index is 698. The maximum Gasteiger partial charge on any atom is 0.250 e. The van der Waals surface area contributed by atoms with Crippen LogP contribution in [0.25, 0.3) is 10.9 Å². The lowest BCUT2D eigenvalue weighted by atomic mass is 10.0. The van der Waals surface area contributed by atoms with Crippen molar-refractivity contribution in [2.45, 2.75) is 18.8 Å². The van der Waals surface area contributed by atoms with E-state index in [4.69, 9.17) is 5.73 Å². The Morgan fingerprint density at radius 2 is 2.14 bits per heavy atom. The summed E-state index contributed by atoms with van der Waals surface area (Å²) in [6, 6.07) is 5.97. The van der Waals surface area contributed by atoms with E-state index in [-0.39, 0.29) is 5.91 Å². The number of rotatable bonds is 5. The molecule has 1 aromatic carbocycles. The molecule has 0 spiro atoms. The largest absolute Gasteiger partial charge is 0.384 e. The number of anilines is 1. The number of H-pyrrole nitrogens is 1. The van der Waals surface area contributed by atoms with Crippen LogP contribution in [0.1, 0.15) is 34.8 Å². The number of amides is 1. The van der Waals surface area contributed by atoms with Crippen molar-refractivity contribution in [1.82, 2.24) is 10.3 Å². The lowest BCUT2D eigenvalue weighted by molar-refractivity contribution is 0.100. The molecule has 2 fully saturated rings. The van der Waals surface area contributed by atoms with Gasteiger partial charge in [-0.3, -0.25) is 4.79 Å². The van der Waals surface area contributed by atoms with Gasteiger partial charge in [0.2, 0.25) is 0 Å². The van der Waals surface area contributed by atoms with Gasteiger partial charge < -0.3 is 21.4 Å². The number of aromatic amines is 1. The molecule has 4 rings (SSSR count). The van der Waals surface area contributed by atoms with Crippen molar-refractivity contribution in [3.63, 3.8) is 0 Å². The van der Waals surface area contributed by atoms with Crippen LogP contribution in [0.2, 0.25) is 0 Å². The highest BCUT2D eigenvalue weighted by atomic mass is 16.1. The molecule has 0 radical (unpaired) electrons. The maximum absolute atomic E-state index is 11.6. The summed E-state index contributed by atoms with van der Waals surface area (Å²) in [5.74, 6) is 0.943. The molecule has 1 aromatic heterocycles. The Morgan fingerprint density at radius 1 is 1.33 bits per heavy atom. The van der Waals surface area contributed by atoms with E-state index in [1.54, 1.807) is 0 Å². The van der Waals surface area contributed by atoms with E-state index in [0.717, 1.165) is 36.2 Å². The summed E-state index contributed by atoms with van der Waals surface area (Å²) in [7, 11) is 0. The Morgan fingerprint density at radius 3 is 2.76 bits per heavy atom. The first-order valence-corrected chi connectivity index (χ1v) is 7.62. The molecule has 2 aromatic rings. The molecule has 110 valence electrons. The Kier molecular flexibility index (Phi) is 2.89. The monoisotopic (exact) mass is 284 g/mol. The van der Waals surface area contributed by atoms with Crippen molar-refractivity contribution < 1.29 is 4.79 Å². The zero-order valence-electron chi connectivity index (χ0n) is 11.9. The number of primary amides is 1. The van der Waals surface area contributed by atoms with Gasteiger partial charge in [-0.2, -0.15) is 0 Å². The SMILES string of the molecule is NC(=O)c1ccc(NCC2CNC2)c2cc(C3CC3)[nH]c12. The van der Waals surface area contributed by atoms with Crippen LogP contribution in [0.3, 0.4) is 0 Å². The molecule has 5 heteroatoms. The summed E-state index contributed by atoms with van der Waals surface area (Å²) < 4.78 is 0. The predicted molar refractivity (Wildman–Crippen MR) is 83.6 cm³/mol. The molecule has 5 nitrogen and oxygen atoms in total. The first kappa shape index (κ1) is 12.7. The highest BCUT2D eigenvalue weighted by Crippen LogP contribution is 2.42. The smallest absolute Gasteiger partial charge is 0.250 e. The topological polar surface area (TPSA) is 82.9 Å². The fraction of sp³-hybridized carbons (Fsp3) is 0.438. The van der Waals surface area contributed by atoms with Gasteiger partial charge in [0.15, 0.2) is 0 Å². The summed E-state index contributed by atoms with van der Waals surface area (Å²) in [5.41, 5.74) is 9.27. The van der Waals surface area contributed by atoms with Gasteiger partial charge in [-0.05, 0) is 37.0 Å². The number of nitrogens with two attached hydrogens (primary N) is 1. The van der Waals surface area contributed by atoms with Gasteiger partial charge in [-0.15, -0.1) is 0 Å². The summed E-state index contributed by atoms with van der Waals surface area (Å²) in [4.78, 5) is 15.0. The van der Waals surface area contributed by atoms with E-state index >= 15 is 0 Å². The van der Waals surface area contributed by atoms with Crippen LogP contribution in [0.4, 0.5) is 5.69 Å². The van der Waals surface area contributed by atoms with Crippen molar-refractivity contribution in [1.29, 1.82) is 0 Å². The highest BCUT2D eigenvalue weighted by Gasteiger charge is 2.26. The van der Waals surface area contributed by atoms with Gasteiger partial charge in [0.25, 0.3) is 5.91 Å². The molecule has 1 aliphatic heterocycles. The highest BCUT2D eigenvalue weighted by molar-refractivity contribution is 6.08. The average molecular weight is 284 g/mol. The molecule has 0 atom stereocenters. The number of benzene rings is 1. The van der Waals surface area contributed by atoms with Crippen molar-refractivity contribution >= 4 is 22.5 Å². The zero-order chi connectivity index (χ0) is 14.4. The molecule has 1 aliphatic carbocycles. The van der Waals surface area contributed by atoms with Crippen LogP contribution in [0, 0.1) is 5.92 Å². The third-order valence-electron chi connectivity index (χ3n) is 4.54. The minimum Gasteiger partial charge on any atom is -0.384 e. The van der Waals surface area contributed by atoms with E-state index < -0.39 is 0 Å². The minimum atomic E-state index is -0.376. The first-order chi connectivity index (χ1) is 10.2. The second-order valence-corrected chi connectivity index (χ2v) is 6.22. The van der Waals surface area contributed by atoms with E-state index in [2.05, 4.69) is 21.7 Å². The van der Waals surface area contributed by atoms with E-state index in [0.29, 0.717) is 17.4 Å². The molecular formula is C16H20N4O. The summed E-state index contributed by atoms with van der Waals surface area (Å²) in [5, 5.41) is 7.88. The maximum atomic E-state index is 11.6. The van der Waals surface area contributed by atoms with Gasteiger partial charge in [-0.25, -0.2) is 0 Å². The number of hydrogen-bond donors (Lipinski definition) is 4. The molecule has 5 N–H and O–H groups in total. The van der Waals surface area contributed by atoms with E-state index in [1.807, 2.05) is 12.1 Å². The Labute approximate surface area is 123 Å². The lowest BCUT2D eigenvalue weighted by Crippen LogP contribution is -2.45. The summed E-state index contributed by atoms with van der Waals surface area (Å²) >= 11 is 0. The van der Waals surface area contributed by atoms with Crippen LogP contribution in [-0.2, 0) is 0 Å². The molecule has 1 amide bonds. The van der Waals surface area contributed by atoms with Crippen LogP contribution in [-0.4, -0.2) is 30.5 Å². The van der Waals surface area contributed by atoms with Crippen LogP contribution in [0.15, 0.2) is 18.2 Å². The summed E-state index contributed by atoms with van der Waals surface area (Å²) in [6.07, 6.45) is 2.46. The third kappa shape index (κ3) is 2.27. The Balaban J connectivity index is 1.71. The molecule has 1 saturated heterocycles. The average Bonchev–Trinajstić information content (AvgIpc) is 3.16. The van der Waals surface area contributed by atoms with Crippen LogP contribution < -0.4 is 16.4 Å². The number of carbonyl (C=O) groups is 1. The van der Waals surface area contributed by atoms with E-state index in [9.17, 15) is 4.79 Å². The fourth-order valence-corrected chi connectivity index (χ4v) is 2.96. The standard InChI is InChI=1S/C16H20N4O/c17-16(21)11-3-4-13(19-8-9-6-18-7-9)12-5-14(10-1-2-10)20-15(11)12/h3-5,9-10,18-20H,1-2,6-8H2,(H2,17,21). The molecule has 2 aliphatic rings. The fourth-order valence-electron chi connectivity index (χ4n) is 2.96. The predicted octanol–water partition coefficient (Wildman–Crippen LogP) is 1.78. The van der Waals surface area contributed by atoms with Gasteiger partial charge in [0.1, 0.15) is 0 Å². The van der Waals surface area contributed by atoms with Crippen molar-refractivity contribution in [3.05, 3.63) is 29.5 Å². The molecule has 21 heavy (non-hydrogen) atoms. The zero-order valence-corrected chi connectivity index (χ0v) is 11.9. The second kappa shape index (κ2) is 4.77. The second-order valence-electron chi connectivity index (χ2n) is 6.22. The number of nitrogens with one attached hydrogen (secondary N) is 3. The number of aromatic nitrogens is 1. The molecule has 1 saturated carbocycles. The molecule has 0 unspecified atom stereocenters. The van der Waals surface area contributed by atoms with Crippen molar-refractivity contribution in [2.75, 3.05) is 25.0 Å². The van der Waals surface area contributed by atoms with Gasteiger partial charge in [0.05, 0.1) is 11.1 Å². The molecule has 0 bridgehead atoms. The van der Waals surface area contributed by atoms with E-state index in [1.165, 1.54) is 18.5 Å². The van der Waals surface area contributed by atoms with Gasteiger partial charge in [0, 0.05) is 42.3 Å². The molecule has 2 heterocycles. The van der Waals surface area contributed by atoms with Crippen molar-refractivity contribution in [2.24, 2.45) is 11.7 Å². The Hall–Kier alpha value is -2.01.